The van der Waals surface area contributed by atoms with Gasteiger partial charge in [-0.3, -0.25) is 9.69 Å². The fraction of sp³-hybridized carbons (Fsp3) is 0.667. The van der Waals surface area contributed by atoms with Gasteiger partial charge in [-0.15, -0.1) is 0 Å². The molecule has 1 N–H and O–H groups in total. The Morgan fingerprint density at radius 3 is 2.79 bits per heavy atom. The van der Waals surface area contributed by atoms with Crippen molar-refractivity contribution >= 4 is 11.7 Å². The van der Waals surface area contributed by atoms with Gasteiger partial charge in [-0.2, -0.15) is 0 Å². The molecule has 0 bridgehead atoms. The summed E-state index contributed by atoms with van der Waals surface area (Å²) in [5.74, 6) is 1.20. The summed E-state index contributed by atoms with van der Waals surface area (Å²) in [6.07, 6.45) is 4.87. The van der Waals surface area contributed by atoms with E-state index in [2.05, 4.69) is 16.0 Å². The number of carbonyl (C=O) groups excluding carboxylic acids is 1. The Hall–Kier alpha value is -1.66. The molecule has 3 rings (SSSR count). The quantitative estimate of drug-likeness (QED) is 0.870. The molecule has 3 heterocycles. The minimum atomic E-state index is -0.232. The maximum Gasteiger partial charge on any atom is 0.230 e. The number of hydrogen-bond acceptors (Lipinski definition) is 5. The number of aromatic nitrogens is 1. The Balaban J connectivity index is 1.63. The molecule has 6 nitrogen and oxygen atoms in total. The summed E-state index contributed by atoms with van der Waals surface area (Å²) in [4.78, 5) is 23.5. The molecule has 0 unspecified atom stereocenters. The third-order valence-electron chi connectivity index (χ3n) is 5.30. The van der Waals surface area contributed by atoms with Crippen LogP contribution < -0.4 is 4.90 Å². The molecule has 132 valence electrons. The van der Waals surface area contributed by atoms with E-state index in [1.54, 1.807) is 0 Å². The van der Waals surface area contributed by atoms with Crippen molar-refractivity contribution in [1.82, 2.24) is 14.8 Å². The fourth-order valence-electron chi connectivity index (χ4n) is 3.99. The van der Waals surface area contributed by atoms with E-state index in [1.807, 2.05) is 36.2 Å². The summed E-state index contributed by atoms with van der Waals surface area (Å²) < 4.78 is 0. The van der Waals surface area contributed by atoms with Crippen molar-refractivity contribution in [3.63, 3.8) is 0 Å². The molecular weight excluding hydrogens is 304 g/mol. The molecule has 2 aliphatic heterocycles. The van der Waals surface area contributed by atoms with Crippen molar-refractivity contribution in [1.29, 1.82) is 0 Å². The Morgan fingerprint density at radius 1 is 1.29 bits per heavy atom. The highest BCUT2D eigenvalue weighted by Gasteiger charge is 2.47. The first-order valence-corrected chi connectivity index (χ1v) is 8.79. The van der Waals surface area contributed by atoms with E-state index in [1.165, 1.54) is 5.56 Å². The maximum atomic E-state index is 12.8. The highest BCUT2D eigenvalue weighted by Crippen LogP contribution is 2.40. The van der Waals surface area contributed by atoms with E-state index in [9.17, 15) is 4.79 Å². The number of anilines is 1. The summed E-state index contributed by atoms with van der Waals surface area (Å²) in [5, 5.41) is 9.16. The maximum absolute atomic E-state index is 12.8. The molecule has 0 aliphatic carbocycles. The average Bonchev–Trinajstić information content (AvgIpc) is 2.96. The number of pyridine rings is 1. The van der Waals surface area contributed by atoms with Gasteiger partial charge in [-0.05, 0) is 37.4 Å². The van der Waals surface area contributed by atoms with Crippen LogP contribution in [0.4, 0.5) is 5.82 Å². The van der Waals surface area contributed by atoms with Crippen LogP contribution in [0.25, 0.3) is 0 Å². The number of β-amino-alcohol motifs (C(OH)–C–C–N with tert-alkyl or cyclic N) is 1. The van der Waals surface area contributed by atoms with Crippen LogP contribution in [0.3, 0.4) is 0 Å². The van der Waals surface area contributed by atoms with E-state index >= 15 is 0 Å². The van der Waals surface area contributed by atoms with Crippen LogP contribution in [0.1, 0.15) is 24.8 Å². The first-order valence-electron chi connectivity index (χ1n) is 8.79. The number of likely N-dealkylation sites (tertiary alicyclic amines) is 2. The Labute approximate surface area is 144 Å². The van der Waals surface area contributed by atoms with Crippen molar-refractivity contribution in [3.8, 4) is 0 Å². The molecule has 1 atom stereocenters. The number of hydrogen-bond donors (Lipinski definition) is 1. The molecule has 2 saturated heterocycles. The normalized spacial score (nSPS) is 24.8. The fourth-order valence-corrected chi connectivity index (χ4v) is 3.99. The summed E-state index contributed by atoms with van der Waals surface area (Å²) in [6, 6.07) is 4.16. The standard InChI is InChI=1S/C18H28N4O2/c1-20(2)16-5-4-15(12-19-16)13-21-9-7-18(14-21)6-3-8-22(10-11-23)17(18)24/h4-5,12,23H,3,6-11,13-14H2,1-2H3/t18-/m1/s1. The molecule has 6 heteroatoms. The lowest BCUT2D eigenvalue weighted by Crippen LogP contribution is -2.50. The number of nitrogens with zero attached hydrogens (tertiary/aromatic N) is 4. The summed E-state index contributed by atoms with van der Waals surface area (Å²) >= 11 is 0. The molecule has 0 radical (unpaired) electrons. The van der Waals surface area contributed by atoms with Crippen molar-refractivity contribution in [2.24, 2.45) is 5.41 Å². The van der Waals surface area contributed by atoms with E-state index in [4.69, 9.17) is 5.11 Å². The number of aliphatic hydroxyl groups is 1. The number of rotatable bonds is 5. The Morgan fingerprint density at radius 2 is 2.12 bits per heavy atom. The second-order valence-corrected chi connectivity index (χ2v) is 7.28. The van der Waals surface area contributed by atoms with Crippen LogP contribution in [0.5, 0.6) is 0 Å². The largest absolute Gasteiger partial charge is 0.395 e. The van der Waals surface area contributed by atoms with Crippen LogP contribution >= 0.6 is 0 Å². The molecule has 1 amide bonds. The summed E-state index contributed by atoms with van der Waals surface area (Å²) in [5.41, 5.74) is 0.956. The first kappa shape index (κ1) is 17.2. The molecule has 0 saturated carbocycles. The zero-order chi connectivity index (χ0) is 17.2. The smallest absolute Gasteiger partial charge is 0.230 e. The van der Waals surface area contributed by atoms with Crippen LogP contribution in [0, 0.1) is 5.41 Å². The van der Waals surface area contributed by atoms with Crippen molar-refractivity contribution < 1.29 is 9.90 Å². The molecule has 1 aromatic heterocycles. The van der Waals surface area contributed by atoms with Gasteiger partial charge in [0.25, 0.3) is 0 Å². The van der Waals surface area contributed by atoms with Gasteiger partial charge >= 0.3 is 0 Å². The van der Waals surface area contributed by atoms with Crippen LogP contribution in [0.2, 0.25) is 0 Å². The van der Waals surface area contributed by atoms with Crippen molar-refractivity contribution in [2.75, 3.05) is 51.8 Å². The lowest BCUT2D eigenvalue weighted by molar-refractivity contribution is -0.146. The first-order chi connectivity index (χ1) is 11.5. The van der Waals surface area contributed by atoms with Crippen LogP contribution in [0.15, 0.2) is 18.3 Å². The topological polar surface area (TPSA) is 59.9 Å². The number of aliphatic hydroxyl groups excluding tert-OH is 1. The third-order valence-corrected chi connectivity index (χ3v) is 5.30. The number of carbonyl (C=O) groups is 1. The zero-order valence-electron chi connectivity index (χ0n) is 14.7. The lowest BCUT2D eigenvalue weighted by atomic mass is 9.78. The highest BCUT2D eigenvalue weighted by molar-refractivity contribution is 5.84. The molecule has 24 heavy (non-hydrogen) atoms. The number of amides is 1. The highest BCUT2D eigenvalue weighted by atomic mass is 16.3. The SMILES string of the molecule is CN(C)c1ccc(CN2CC[C@]3(CCCN(CCO)C3=O)C2)cn1. The van der Waals surface area contributed by atoms with E-state index in [0.29, 0.717) is 6.54 Å². The van der Waals surface area contributed by atoms with Crippen LogP contribution in [-0.2, 0) is 11.3 Å². The number of piperidine rings is 1. The van der Waals surface area contributed by atoms with Gasteiger partial charge in [0.05, 0.1) is 12.0 Å². The van der Waals surface area contributed by atoms with Crippen LogP contribution in [-0.4, -0.2) is 72.7 Å². The van der Waals surface area contributed by atoms with Gasteiger partial charge in [0.1, 0.15) is 5.82 Å². The second-order valence-electron chi connectivity index (χ2n) is 7.28. The molecular formula is C18H28N4O2. The Kier molecular flexibility index (Phi) is 5.06. The van der Waals surface area contributed by atoms with Gasteiger partial charge in [-0.25, -0.2) is 4.98 Å². The van der Waals surface area contributed by atoms with Gasteiger partial charge in [0, 0.05) is 46.5 Å². The monoisotopic (exact) mass is 332 g/mol. The van der Waals surface area contributed by atoms with Gasteiger partial charge in [0.2, 0.25) is 5.91 Å². The zero-order valence-corrected chi connectivity index (χ0v) is 14.7. The van der Waals surface area contributed by atoms with E-state index in [0.717, 1.165) is 51.3 Å². The van der Waals surface area contributed by atoms with Gasteiger partial charge in [-0.1, -0.05) is 6.07 Å². The van der Waals surface area contributed by atoms with E-state index in [-0.39, 0.29) is 17.9 Å². The summed E-state index contributed by atoms with van der Waals surface area (Å²) in [7, 11) is 3.97. The molecule has 2 fully saturated rings. The van der Waals surface area contributed by atoms with Crippen molar-refractivity contribution in [2.45, 2.75) is 25.8 Å². The predicted octanol–water partition coefficient (Wildman–Crippen LogP) is 0.954. The predicted molar refractivity (Wildman–Crippen MR) is 93.8 cm³/mol. The minimum absolute atomic E-state index is 0.0510. The molecule has 2 aliphatic rings. The summed E-state index contributed by atoms with van der Waals surface area (Å²) in [6.45, 7) is 3.93. The minimum Gasteiger partial charge on any atom is -0.395 e. The second kappa shape index (κ2) is 7.07. The Bertz CT molecular complexity index is 573. The molecule has 0 aromatic carbocycles. The molecule has 1 spiro atoms. The lowest BCUT2D eigenvalue weighted by Gasteiger charge is -2.39. The van der Waals surface area contributed by atoms with Gasteiger partial charge < -0.3 is 14.9 Å². The molecule has 1 aromatic rings. The third kappa shape index (κ3) is 3.39. The average molecular weight is 332 g/mol. The van der Waals surface area contributed by atoms with E-state index < -0.39 is 0 Å². The van der Waals surface area contributed by atoms with Crippen molar-refractivity contribution in [3.05, 3.63) is 23.9 Å². The van der Waals surface area contributed by atoms with Gasteiger partial charge in [0.15, 0.2) is 0 Å².